The first kappa shape index (κ1) is 19.7. The largest absolute Gasteiger partial charge is 0.468 e. The van der Waals surface area contributed by atoms with Crippen molar-refractivity contribution in [2.24, 2.45) is 5.92 Å². The molecule has 2 fully saturated rings. The van der Waals surface area contributed by atoms with Gasteiger partial charge in [0.2, 0.25) is 11.8 Å². The fraction of sp³-hybridized carbons (Fsp3) is 0.478. The van der Waals surface area contributed by atoms with Crippen LogP contribution in [0.4, 0.5) is 5.69 Å². The number of benzene rings is 1. The second kappa shape index (κ2) is 8.41. The van der Waals surface area contributed by atoms with Gasteiger partial charge in [-0.2, -0.15) is 0 Å². The van der Waals surface area contributed by atoms with Crippen LogP contribution in [0.2, 0.25) is 0 Å². The topological polar surface area (TPSA) is 65.8 Å². The Morgan fingerprint density at radius 1 is 1.21 bits per heavy atom. The van der Waals surface area contributed by atoms with Crippen molar-refractivity contribution in [2.45, 2.75) is 39.2 Å². The fourth-order valence-electron chi connectivity index (χ4n) is 4.43. The Bertz CT molecular complexity index is 871. The van der Waals surface area contributed by atoms with E-state index in [1.165, 1.54) is 12.8 Å². The monoisotopic (exact) mass is 395 g/mol. The van der Waals surface area contributed by atoms with Gasteiger partial charge in [-0.1, -0.05) is 12.1 Å². The lowest BCUT2D eigenvalue weighted by molar-refractivity contribution is -0.126. The number of furan rings is 1. The van der Waals surface area contributed by atoms with E-state index >= 15 is 0 Å². The van der Waals surface area contributed by atoms with Crippen LogP contribution < -0.4 is 10.2 Å². The van der Waals surface area contributed by atoms with Gasteiger partial charge in [-0.15, -0.1) is 0 Å². The van der Waals surface area contributed by atoms with Crippen LogP contribution in [0.5, 0.6) is 0 Å². The van der Waals surface area contributed by atoms with Crippen LogP contribution in [-0.2, 0) is 9.59 Å². The molecule has 2 amide bonds. The smallest absolute Gasteiger partial charge is 0.227 e. The minimum atomic E-state index is -0.321. The van der Waals surface area contributed by atoms with Crippen LogP contribution in [0, 0.1) is 19.8 Å². The predicted molar refractivity (Wildman–Crippen MR) is 112 cm³/mol. The number of likely N-dealkylation sites (tertiary alicyclic amines) is 1. The summed E-state index contributed by atoms with van der Waals surface area (Å²) in [5, 5.41) is 3.09. The van der Waals surface area contributed by atoms with Crippen LogP contribution in [0.15, 0.2) is 41.0 Å². The SMILES string of the molecule is Cc1cccc(N2C[C@H](C(=O)NC[C@@H](c3ccco3)N3CCCC3)CC2=O)c1C. The average Bonchev–Trinajstić information content (AvgIpc) is 3.46. The van der Waals surface area contributed by atoms with Gasteiger partial charge >= 0.3 is 0 Å². The zero-order valence-electron chi connectivity index (χ0n) is 17.2. The fourth-order valence-corrected chi connectivity index (χ4v) is 4.43. The van der Waals surface area contributed by atoms with Crippen LogP contribution in [-0.4, -0.2) is 42.9 Å². The summed E-state index contributed by atoms with van der Waals surface area (Å²) in [6.45, 7) is 7.03. The highest BCUT2D eigenvalue weighted by atomic mass is 16.3. The molecule has 6 nitrogen and oxygen atoms in total. The normalized spacial score (nSPS) is 21.0. The van der Waals surface area contributed by atoms with Gasteiger partial charge in [0.25, 0.3) is 0 Å². The van der Waals surface area contributed by atoms with Crippen LogP contribution in [0.3, 0.4) is 0 Å². The van der Waals surface area contributed by atoms with Gasteiger partial charge in [0.15, 0.2) is 0 Å². The lowest BCUT2D eigenvalue weighted by Gasteiger charge is -2.26. The molecule has 2 atom stereocenters. The Hall–Kier alpha value is -2.60. The number of amides is 2. The summed E-state index contributed by atoms with van der Waals surface area (Å²) >= 11 is 0. The van der Waals surface area contributed by atoms with Crippen LogP contribution in [0.25, 0.3) is 0 Å². The molecular formula is C23H29N3O3. The second-order valence-corrected chi connectivity index (χ2v) is 8.14. The minimum absolute atomic E-state index is 0.0148. The molecule has 1 aromatic carbocycles. The van der Waals surface area contributed by atoms with Gasteiger partial charge in [-0.25, -0.2) is 0 Å². The van der Waals surface area contributed by atoms with E-state index in [2.05, 4.69) is 10.2 Å². The number of hydrogen-bond donors (Lipinski definition) is 1. The van der Waals surface area contributed by atoms with Gasteiger partial charge in [0.05, 0.1) is 18.2 Å². The Kier molecular flexibility index (Phi) is 5.72. The summed E-state index contributed by atoms with van der Waals surface area (Å²) in [4.78, 5) is 29.6. The molecule has 2 saturated heterocycles. The number of anilines is 1. The summed E-state index contributed by atoms with van der Waals surface area (Å²) in [5.74, 6) is 0.521. The molecule has 2 aromatic rings. The zero-order chi connectivity index (χ0) is 20.4. The van der Waals surface area contributed by atoms with Crippen molar-refractivity contribution in [3.05, 3.63) is 53.5 Å². The Balaban J connectivity index is 1.41. The molecule has 0 saturated carbocycles. The summed E-state index contributed by atoms with van der Waals surface area (Å²) in [6, 6.07) is 9.86. The molecule has 2 aliphatic rings. The summed E-state index contributed by atoms with van der Waals surface area (Å²) < 4.78 is 5.63. The van der Waals surface area contributed by atoms with E-state index in [4.69, 9.17) is 4.42 Å². The van der Waals surface area contributed by atoms with E-state index in [1.54, 1.807) is 11.2 Å². The van der Waals surface area contributed by atoms with Crippen molar-refractivity contribution in [3.63, 3.8) is 0 Å². The number of carbonyl (C=O) groups is 2. The average molecular weight is 396 g/mol. The molecule has 3 heterocycles. The number of nitrogens with one attached hydrogen (secondary N) is 1. The molecule has 2 aliphatic heterocycles. The maximum Gasteiger partial charge on any atom is 0.227 e. The summed E-state index contributed by atoms with van der Waals surface area (Å²) in [6.07, 6.45) is 4.28. The highest BCUT2D eigenvalue weighted by Gasteiger charge is 2.36. The maximum absolute atomic E-state index is 12.9. The van der Waals surface area contributed by atoms with E-state index in [9.17, 15) is 9.59 Å². The maximum atomic E-state index is 12.9. The van der Waals surface area contributed by atoms with E-state index < -0.39 is 0 Å². The highest BCUT2D eigenvalue weighted by Crippen LogP contribution is 2.30. The molecule has 1 aromatic heterocycles. The van der Waals surface area contributed by atoms with Crippen molar-refractivity contribution >= 4 is 17.5 Å². The number of carbonyl (C=O) groups excluding carboxylic acids is 2. The van der Waals surface area contributed by atoms with Gasteiger partial charge < -0.3 is 14.6 Å². The van der Waals surface area contributed by atoms with Crippen molar-refractivity contribution < 1.29 is 14.0 Å². The minimum Gasteiger partial charge on any atom is -0.468 e. The van der Waals surface area contributed by atoms with Gasteiger partial charge in [-0.05, 0) is 69.1 Å². The molecule has 0 unspecified atom stereocenters. The van der Waals surface area contributed by atoms with E-state index in [0.29, 0.717) is 13.1 Å². The molecular weight excluding hydrogens is 366 g/mol. The second-order valence-electron chi connectivity index (χ2n) is 8.14. The van der Waals surface area contributed by atoms with Crippen LogP contribution >= 0.6 is 0 Å². The highest BCUT2D eigenvalue weighted by molar-refractivity contribution is 6.00. The Morgan fingerprint density at radius 2 is 2.00 bits per heavy atom. The third-order valence-electron chi connectivity index (χ3n) is 6.29. The molecule has 6 heteroatoms. The first-order valence-corrected chi connectivity index (χ1v) is 10.5. The molecule has 0 aliphatic carbocycles. The lowest BCUT2D eigenvalue weighted by atomic mass is 10.1. The molecule has 4 rings (SSSR count). The van der Waals surface area contributed by atoms with Gasteiger partial charge in [0, 0.05) is 25.2 Å². The molecule has 154 valence electrons. The third kappa shape index (κ3) is 4.08. The van der Waals surface area contributed by atoms with E-state index in [1.807, 2.05) is 44.2 Å². The first-order valence-electron chi connectivity index (χ1n) is 10.5. The van der Waals surface area contributed by atoms with Crippen molar-refractivity contribution in [1.82, 2.24) is 10.2 Å². The van der Waals surface area contributed by atoms with E-state index in [0.717, 1.165) is 35.7 Å². The summed E-state index contributed by atoms with van der Waals surface area (Å²) in [5.41, 5.74) is 3.15. The number of aryl methyl sites for hydroxylation is 1. The van der Waals surface area contributed by atoms with Gasteiger partial charge in [0.1, 0.15) is 5.76 Å². The number of rotatable bonds is 6. The predicted octanol–water partition coefficient (Wildman–Crippen LogP) is 3.20. The third-order valence-corrected chi connectivity index (χ3v) is 6.29. The van der Waals surface area contributed by atoms with Crippen molar-refractivity contribution in [1.29, 1.82) is 0 Å². The zero-order valence-corrected chi connectivity index (χ0v) is 17.2. The standard InChI is InChI=1S/C23H29N3O3/c1-16-7-5-8-19(17(16)2)26-15-18(13-22(26)27)23(28)24-14-20(21-9-6-12-29-21)25-10-3-4-11-25/h5-9,12,18,20H,3-4,10-11,13-15H2,1-2H3,(H,24,28)/t18-,20+/m1/s1. The van der Waals surface area contributed by atoms with Crippen LogP contribution in [0.1, 0.15) is 42.2 Å². The molecule has 0 spiro atoms. The molecule has 0 bridgehead atoms. The van der Waals surface area contributed by atoms with Crippen molar-refractivity contribution in [2.75, 3.05) is 31.1 Å². The van der Waals surface area contributed by atoms with Gasteiger partial charge in [-0.3, -0.25) is 14.5 Å². The lowest BCUT2D eigenvalue weighted by Crippen LogP contribution is -2.39. The summed E-state index contributed by atoms with van der Waals surface area (Å²) in [7, 11) is 0. The Morgan fingerprint density at radius 3 is 2.72 bits per heavy atom. The number of nitrogens with zero attached hydrogens (tertiary/aromatic N) is 2. The molecule has 1 N–H and O–H groups in total. The Labute approximate surface area is 171 Å². The molecule has 0 radical (unpaired) electrons. The number of hydrogen-bond acceptors (Lipinski definition) is 4. The first-order chi connectivity index (χ1) is 14.0. The van der Waals surface area contributed by atoms with Crippen molar-refractivity contribution in [3.8, 4) is 0 Å². The molecule has 29 heavy (non-hydrogen) atoms. The van der Waals surface area contributed by atoms with E-state index in [-0.39, 0.29) is 30.2 Å². The quantitative estimate of drug-likeness (QED) is 0.816.